The van der Waals surface area contributed by atoms with Gasteiger partial charge in [-0.3, -0.25) is 14.4 Å². The number of ether oxygens (including phenoxy) is 1. The Labute approximate surface area is 209 Å². The molecule has 0 bridgehead atoms. The number of nitrogens with one attached hydrogen (secondary N) is 2. The molecule has 0 spiro atoms. The number of Topliss-reactive ketones (excluding diaryl/α,β-unsaturated/α-hetero) is 1. The lowest BCUT2D eigenvalue weighted by Gasteiger charge is -2.31. The third-order valence-electron chi connectivity index (χ3n) is 7.09. The summed E-state index contributed by atoms with van der Waals surface area (Å²) >= 11 is 0. The summed E-state index contributed by atoms with van der Waals surface area (Å²) < 4.78 is 6.12. The molecule has 9 nitrogen and oxygen atoms in total. The minimum Gasteiger partial charge on any atom is -0.493 e. The zero-order valence-corrected chi connectivity index (χ0v) is 20.9. The van der Waals surface area contributed by atoms with Crippen LogP contribution >= 0.6 is 0 Å². The molecule has 3 heterocycles. The van der Waals surface area contributed by atoms with Crippen LogP contribution in [0.3, 0.4) is 0 Å². The molecule has 1 aromatic carbocycles. The van der Waals surface area contributed by atoms with Crippen molar-refractivity contribution in [2.75, 3.05) is 19.7 Å². The number of hydrogen-bond donors (Lipinski definition) is 2. The first-order valence-corrected chi connectivity index (χ1v) is 12.5. The smallest absolute Gasteiger partial charge is 0.255 e. The second kappa shape index (κ2) is 9.72. The summed E-state index contributed by atoms with van der Waals surface area (Å²) in [5.41, 5.74) is 4.17. The first kappa shape index (κ1) is 24.0. The Bertz CT molecular complexity index is 1340. The number of likely N-dealkylation sites (tertiary alicyclic amines) is 1. The second-order valence-electron chi connectivity index (χ2n) is 9.85. The molecule has 1 saturated carbocycles. The van der Waals surface area contributed by atoms with Crippen LogP contribution in [0.15, 0.2) is 24.5 Å². The molecule has 1 aliphatic carbocycles. The highest BCUT2D eigenvalue weighted by molar-refractivity contribution is 6.09. The van der Waals surface area contributed by atoms with Gasteiger partial charge in [0, 0.05) is 42.9 Å². The summed E-state index contributed by atoms with van der Waals surface area (Å²) in [6, 6.07) is 5.38. The molecule has 188 valence electrons. The van der Waals surface area contributed by atoms with E-state index in [2.05, 4.69) is 20.3 Å². The fourth-order valence-corrected chi connectivity index (χ4v) is 4.75. The van der Waals surface area contributed by atoms with Gasteiger partial charge < -0.3 is 19.9 Å². The summed E-state index contributed by atoms with van der Waals surface area (Å²) in [5.74, 6) is 1.04. The van der Waals surface area contributed by atoms with E-state index in [1.807, 2.05) is 13.0 Å². The fraction of sp³-hybridized carbons (Fsp3) is 0.444. The molecule has 2 N–H and O–H groups in total. The Morgan fingerprint density at radius 3 is 2.53 bits per heavy atom. The monoisotopic (exact) mass is 489 g/mol. The molecule has 0 radical (unpaired) electrons. The van der Waals surface area contributed by atoms with E-state index >= 15 is 0 Å². The number of nitrogens with zero attached hydrogens (tertiary/aromatic N) is 3. The third kappa shape index (κ3) is 4.82. The topological polar surface area (TPSA) is 117 Å². The Morgan fingerprint density at radius 1 is 1.11 bits per heavy atom. The van der Waals surface area contributed by atoms with Crippen molar-refractivity contribution in [2.24, 2.45) is 5.92 Å². The van der Waals surface area contributed by atoms with Crippen molar-refractivity contribution in [3.05, 3.63) is 41.3 Å². The van der Waals surface area contributed by atoms with Gasteiger partial charge in [-0.25, -0.2) is 9.97 Å². The van der Waals surface area contributed by atoms with E-state index in [1.54, 1.807) is 24.0 Å². The van der Waals surface area contributed by atoms with Gasteiger partial charge in [0.05, 0.1) is 17.7 Å². The molecule has 1 saturated heterocycles. The Balaban J connectivity index is 1.47. The molecular formula is C27H31N5O4. The van der Waals surface area contributed by atoms with Crippen LogP contribution in [0.2, 0.25) is 0 Å². The van der Waals surface area contributed by atoms with E-state index in [4.69, 9.17) is 4.74 Å². The van der Waals surface area contributed by atoms with Gasteiger partial charge in [0.25, 0.3) is 5.91 Å². The predicted octanol–water partition coefficient (Wildman–Crippen LogP) is 3.67. The molecule has 2 aliphatic rings. The van der Waals surface area contributed by atoms with Crippen molar-refractivity contribution >= 4 is 28.6 Å². The highest BCUT2D eigenvalue weighted by atomic mass is 16.5. The van der Waals surface area contributed by atoms with Gasteiger partial charge in [0.15, 0.2) is 5.78 Å². The number of aryl methyl sites for hydroxylation is 1. The van der Waals surface area contributed by atoms with Gasteiger partial charge >= 0.3 is 0 Å². The van der Waals surface area contributed by atoms with Crippen LogP contribution in [0.5, 0.6) is 5.75 Å². The van der Waals surface area contributed by atoms with Crippen LogP contribution in [0.1, 0.15) is 65.9 Å². The summed E-state index contributed by atoms with van der Waals surface area (Å²) in [7, 11) is 0. The van der Waals surface area contributed by atoms with Crippen LogP contribution in [0.4, 0.5) is 0 Å². The normalized spacial score (nSPS) is 16.2. The van der Waals surface area contributed by atoms with Crippen molar-refractivity contribution in [3.8, 4) is 17.0 Å². The lowest BCUT2D eigenvalue weighted by Crippen LogP contribution is -2.46. The maximum Gasteiger partial charge on any atom is 0.255 e. The number of rotatable bonds is 7. The minimum atomic E-state index is -0.202. The van der Waals surface area contributed by atoms with Gasteiger partial charge in [0.1, 0.15) is 23.3 Å². The minimum absolute atomic E-state index is 0.00608. The quantitative estimate of drug-likeness (QED) is 0.489. The Hall–Kier alpha value is -3.75. The number of aromatic nitrogens is 3. The van der Waals surface area contributed by atoms with E-state index in [-0.39, 0.29) is 23.6 Å². The molecular weight excluding hydrogens is 458 g/mol. The number of hydrogen-bond acceptors (Lipinski definition) is 6. The number of aromatic amines is 1. The highest BCUT2D eigenvalue weighted by Crippen LogP contribution is 2.37. The van der Waals surface area contributed by atoms with E-state index in [0.29, 0.717) is 83.3 Å². The molecule has 0 atom stereocenters. The highest BCUT2D eigenvalue weighted by Gasteiger charge is 2.27. The molecule has 3 aromatic rings. The van der Waals surface area contributed by atoms with Crippen molar-refractivity contribution in [1.29, 1.82) is 0 Å². The zero-order valence-electron chi connectivity index (χ0n) is 20.9. The van der Waals surface area contributed by atoms with Gasteiger partial charge in [-0.15, -0.1) is 0 Å². The van der Waals surface area contributed by atoms with E-state index in [1.165, 1.54) is 26.1 Å². The molecule has 2 amide bonds. The fourth-order valence-electron chi connectivity index (χ4n) is 4.75. The average molecular weight is 490 g/mol. The third-order valence-corrected chi connectivity index (χ3v) is 7.09. The van der Waals surface area contributed by atoms with Crippen molar-refractivity contribution in [3.63, 3.8) is 0 Å². The van der Waals surface area contributed by atoms with Crippen LogP contribution in [-0.2, 0) is 4.79 Å². The number of H-pyrrole nitrogens is 1. The number of amides is 2. The molecule has 0 unspecified atom stereocenters. The summed E-state index contributed by atoms with van der Waals surface area (Å²) in [4.78, 5) is 51.1. The maximum atomic E-state index is 13.3. The number of carbonyl (C=O) groups is 3. The van der Waals surface area contributed by atoms with Crippen molar-refractivity contribution in [1.82, 2.24) is 25.2 Å². The van der Waals surface area contributed by atoms with E-state index in [9.17, 15) is 14.4 Å². The first-order chi connectivity index (χ1) is 17.3. The molecule has 2 fully saturated rings. The van der Waals surface area contributed by atoms with Gasteiger partial charge in [-0.05, 0) is 63.6 Å². The van der Waals surface area contributed by atoms with Gasteiger partial charge in [-0.1, -0.05) is 0 Å². The van der Waals surface area contributed by atoms with E-state index in [0.717, 1.165) is 0 Å². The van der Waals surface area contributed by atoms with Crippen LogP contribution in [0, 0.1) is 12.8 Å². The lowest BCUT2D eigenvalue weighted by molar-refractivity contribution is -0.129. The maximum absolute atomic E-state index is 13.3. The number of carbonyl (C=O) groups excluding carboxylic acids is 3. The summed E-state index contributed by atoms with van der Waals surface area (Å²) in [6.07, 6.45) is 5.21. The average Bonchev–Trinajstić information content (AvgIpc) is 3.62. The van der Waals surface area contributed by atoms with Crippen LogP contribution in [-0.4, -0.2) is 63.2 Å². The Morgan fingerprint density at radius 2 is 1.86 bits per heavy atom. The van der Waals surface area contributed by atoms with Crippen LogP contribution < -0.4 is 10.1 Å². The predicted molar refractivity (Wildman–Crippen MR) is 135 cm³/mol. The first-order valence-electron chi connectivity index (χ1n) is 12.5. The number of fused-ring (bicyclic) bond motifs is 1. The van der Waals surface area contributed by atoms with Crippen molar-refractivity contribution in [2.45, 2.75) is 52.5 Å². The number of piperidine rings is 1. The lowest BCUT2D eigenvalue weighted by atomic mass is 10.0. The van der Waals surface area contributed by atoms with Crippen LogP contribution in [0.25, 0.3) is 22.3 Å². The molecule has 2 aromatic heterocycles. The van der Waals surface area contributed by atoms with Gasteiger partial charge in [0.2, 0.25) is 5.91 Å². The number of benzene rings is 1. The largest absolute Gasteiger partial charge is 0.493 e. The van der Waals surface area contributed by atoms with E-state index < -0.39 is 0 Å². The zero-order chi connectivity index (χ0) is 25.4. The van der Waals surface area contributed by atoms with Crippen molar-refractivity contribution < 1.29 is 19.1 Å². The number of ketones is 1. The second-order valence-corrected chi connectivity index (χ2v) is 9.85. The molecule has 36 heavy (non-hydrogen) atoms. The summed E-state index contributed by atoms with van der Waals surface area (Å²) in [5, 5.41) is 3.12. The van der Waals surface area contributed by atoms with Gasteiger partial charge in [-0.2, -0.15) is 0 Å². The summed E-state index contributed by atoms with van der Waals surface area (Å²) in [6.45, 7) is 6.84. The molecule has 5 rings (SSSR count). The molecule has 9 heteroatoms. The molecule has 1 aliphatic heterocycles. The Kier molecular flexibility index (Phi) is 6.47. The standard InChI is InChI=1S/C27H31N5O4/c1-15-23(27(35)31-20-8-10-32(11-9-20)17(3)34)25-26(30-15)24(28-14-29-25)21-12-19(16(2)33)6-7-22(21)36-13-18-4-5-18/h6-7,12,14,18,20,30H,4-5,8-11,13H2,1-3H3,(H,31,35). The SMILES string of the molecule is CC(=O)c1ccc(OCC2CC2)c(-c2ncnc3c(C(=O)NC4CCN(C(C)=O)CC4)c(C)[nH]c23)c1.